The van der Waals surface area contributed by atoms with Crippen molar-refractivity contribution in [3.05, 3.63) is 60.2 Å². The molecule has 0 spiro atoms. The van der Waals surface area contributed by atoms with Crippen LogP contribution in [0.25, 0.3) is 0 Å². The van der Waals surface area contributed by atoms with E-state index in [9.17, 15) is 4.79 Å². The Labute approximate surface area is 135 Å². The number of hydrogen-bond donors (Lipinski definition) is 2. The Morgan fingerprint density at radius 2 is 1.73 bits per heavy atom. The summed E-state index contributed by atoms with van der Waals surface area (Å²) >= 11 is 5.15. The Kier molecular flexibility index (Phi) is 5.49. The minimum Gasteiger partial charge on any atom is -0.497 e. The molecule has 0 bridgehead atoms. The summed E-state index contributed by atoms with van der Waals surface area (Å²) in [5.41, 5.74) is 1.74. The fourth-order valence-corrected chi connectivity index (χ4v) is 2.18. The van der Waals surface area contributed by atoms with Gasteiger partial charge in [-0.3, -0.25) is 4.79 Å². The molecule has 1 amide bonds. The maximum Gasteiger partial charge on any atom is 0.283 e. The smallest absolute Gasteiger partial charge is 0.283 e. The molecule has 0 saturated heterocycles. The molecule has 1 atom stereocenters. The third-order valence-electron chi connectivity index (χ3n) is 3.20. The van der Waals surface area contributed by atoms with Crippen molar-refractivity contribution in [2.75, 3.05) is 12.4 Å². The van der Waals surface area contributed by atoms with Crippen LogP contribution in [-0.4, -0.2) is 18.0 Å². The van der Waals surface area contributed by atoms with Gasteiger partial charge in [-0.05, 0) is 36.8 Å². The first-order valence-corrected chi connectivity index (χ1v) is 7.32. The Bertz CT molecular complexity index is 641. The zero-order valence-corrected chi connectivity index (χ0v) is 13.3. The Hall–Kier alpha value is -2.40. The maximum absolute atomic E-state index is 12.1. The van der Waals surface area contributed by atoms with Crippen molar-refractivity contribution in [3.8, 4) is 5.75 Å². The van der Waals surface area contributed by atoms with E-state index in [1.807, 2.05) is 37.3 Å². The van der Waals surface area contributed by atoms with Crippen LogP contribution in [0.1, 0.15) is 18.5 Å². The van der Waals surface area contributed by atoms with Gasteiger partial charge in [0, 0.05) is 11.7 Å². The highest BCUT2D eigenvalue weighted by atomic mass is 32.1. The molecule has 2 aromatic carbocycles. The monoisotopic (exact) mass is 314 g/mol. The molecule has 0 heterocycles. The molecule has 4 nitrogen and oxygen atoms in total. The number of nitrogens with one attached hydrogen (secondary N) is 2. The highest BCUT2D eigenvalue weighted by Gasteiger charge is 2.13. The van der Waals surface area contributed by atoms with E-state index in [0.717, 1.165) is 11.3 Å². The zero-order valence-electron chi connectivity index (χ0n) is 12.5. The maximum atomic E-state index is 12.1. The first kappa shape index (κ1) is 16.0. The standard InChI is InChI=1S/C17H18N2O2S/c1-12(13-6-4-3-5-7-13)18-17(22)16(20)19-14-8-10-15(21-2)11-9-14/h3-12H,1-2H3,(H,18,22)(H,19,20). The third-order valence-corrected chi connectivity index (χ3v) is 3.50. The molecule has 0 aromatic heterocycles. The molecule has 2 aromatic rings. The lowest BCUT2D eigenvalue weighted by atomic mass is 10.1. The lowest BCUT2D eigenvalue weighted by Gasteiger charge is -2.16. The zero-order chi connectivity index (χ0) is 15.9. The minimum atomic E-state index is -0.331. The first-order valence-electron chi connectivity index (χ1n) is 6.91. The molecule has 0 fully saturated rings. The highest BCUT2D eigenvalue weighted by Crippen LogP contribution is 2.15. The molecule has 2 N–H and O–H groups in total. The van der Waals surface area contributed by atoms with E-state index in [1.54, 1.807) is 31.4 Å². The number of methoxy groups -OCH3 is 1. The largest absolute Gasteiger partial charge is 0.497 e. The second kappa shape index (κ2) is 7.56. The molecule has 22 heavy (non-hydrogen) atoms. The predicted molar refractivity (Wildman–Crippen MR) is 92.2 cm³/mol. The highest BCUT2D eigenvalue weighted by molar-refractivity contribution is 7.82. The van der Waals surface area contributed by atoms with Gasteiger partial charge in [0.1, 0.15) is 5.75 Å². The molecular formula is C17H18N2O2S. The molecule has 2 rings (SSSR count). The number of anilines is 1. The van der Waals surface area contributed by atoms with Crippen LogP contribution in [0, 0.1) is 0 Å². The SMILES string of the molecule is COc1ccc(NC(=O)C(=S)NC(C)c2ccccc2)cc1. The predicted octanol–water partition coefficient (Wildman–Crippen LogP) is 3.31. The van der Waals surface area contributed by atoms with Crippen molar-refractivity contribution >= 4 is 28.8 Å². The molecule has 5 heteroatoms. The lowest BCUT2D eigenvalue weighted by Crippen LogP contribution is -2.35. The van der Waals surface area contributed by atoms with Gasteiger partial charge in [0.25, 0.3) is 5.91 Å². The average Bonchev–Trinajstić information content (AvgIpc) is 2.56. The van der Waals surface area contributed by atoms with E-state index in [2.05, 4.69) is 10.6 Å². The van der Waals surface area contributed by atoms with Crippen molar-refractivity contribution in [3.63, 3.8) is 0 Å². The summed E-state index contributed by atoms with van der Waals surface area (Å²) in [6.45, 7) is 1.96. The minimum absolute atomic E-state index is 0.0321. The number of benzene rings is 2. The lowest BCUT2D eigenvalue weighted by molar-refractivity contribution is -0.110. The number of thiocarbonyl (C=S) groups is 1. The van der Waals surface area contributed by atoms with Crippen LogP contribution >= 0.6 is 12.2 Å². The van der Waals surface area contributed by atoms with E-state index >= 15 is 0 Å². The van der Waals surface area contributed by atoms with Gasteiger partial charge in [0.15, 0.2) is 4.99 Å². The first-order chi connectivity index (χ1) is 10.6. The average molecular weight is 314 g/mol. The van der Waals surface area contributed by atoms with Gasteiger partial charge in [-0.15, -0.1) is 0 Å². The topological polar surface area (TPSA) is 50.4 Å². The van der Waals surface area contributed by atoms with Crippen LogP contribution < -0.4 is 15.4 Å². The number of carbonyl (C=O) groups excluding carboxylic acids is 1. The third kappa shape index (κ3) is 4.30. The summed E-state index contributed by atoms with van der Waals surface area (Å²) in [5.74, 6) is 0.402. The number of hydrogen-bond acceptors (Lipinski definition) is 3. The fourth-order valence-electron chi connectivity index (χ4n) is 1.95. The second-order valence-electron chi connectivity index (χ2n) is 4.79. The van der Waals surface area contributed by atoms with Crippen LogP contribution in [0.2, 0.25) is 0 Å². The van der Waals surface area contributed by atoms with Crippen LogP contribution in [0.3, 0.4) is 0 Å². The summed E-state index contributed by atoms with van der Waals surface area (Å²) in [5, 5.41) is 5.79. The van der Waals surface area contributed by atoms with Gasteiger partial charge in [0.05, 0.1) is 7.11 Å². The Balaban J connectivity index is 1.93. The molecule has 1 unspecified atom stereocenters. The van der Waals surface area contributed by atoms with E-state index in [0.29, 0.717) is 5.69 Å². The second-order valence-corrected chi connectivity index (χ2v) is 5.20. The summed E-state index contributed by atoms with van der Waals surface area (Å²) in [6, 6.07) is 16.9. The van der Waals surface area contributed by atoms with Crippen LogP contribution in [0.15, 0.2) is 54.6 Å². The van der Waals surface area contributed by atoms with Gasteiger partial charge in [-0.25, -0.2) is 0 Å². The fraction of sp³-hybridized carbons (Fsp3) is 0.176. The van der Waals surface area contributed by atoms with E-state index in [4.69, 9.17) is 17.0 Å². The molecule has 0 aliphatic heterocycles. The van der Waals surface area contributed by atoms with Crippen LogP contribution in [0.4, 0.5) is 5.69 Å². The molecule has 0 aliphatic carbocycles. The summed E-state index contributed by atoms with van der Waals surface area (Å²) in [7, 11) is 1.59. The molecular weight excluding hydrogens is 296 g/mol. The van der Waals surface area contributed by atoms with Crippen molar-refractivity contribution in [2.45, 2.75) is 13.0 Å². The Morgan fingerprint density at radius 3 is 2.32 bits per heavy atom. The van der Waals surface area contributed by atoms with E-state index in [-0.39, 0.29) is 16.9 Å². The van der Waals surface area contributed by atoms with Crippen molar-refractivity contribution in [2.24, 2.45) is 0 Å². The summed E-state index contributed by atoms with van der Waals surface area (Å²) in [6.07, 6.45) is 0. The summed E-state index contributed by atoms with van der Waals surface area (Å²) < 4.78 is 5.07. The quantitative estimate of drug-likeness (QED) is 0.850. The van der Waals surface area contributed by atoms with Gasteiger partial charge >= 0.3 is 0 Å². The van der Waals surface area contributed by atoms with Gasteiger partial charge in [-0.2, -0.15) is 0 Å². The van der Waals surface area contributed by atoms with Crippen molar-refractivity contribution < 1.29 is 9.53 Å². The number of amides is 1. The van der Waals surface area contributed by atoms with E-state index < -0.39 is 0 Å². The van der Waals surface area contributed by atoms with Crippen molar-refractivity contribution in [1.29, 1.82) is 0 Å². The normalized spacial score (nSPS) is 11.4. The number of ether oxygens (including phenoxy) is 1. The van der Waals surface area contributed by atoms with Gasteiger partial charge in [0.2, 0.25) is 0 Å². The van der Waals surface area contributed by atoms with Gasteiger partial charge < -0.3 is 15.4 Å². The Morgan fingerprint density at radius 1 is 1.09 bits per heavy atom. The van der Waals surface area contributed by atoms with E-state index in [1.165, 1.54) is 0 Å². The number of rotatable bonds is 4. The van der Waals surface area contributed by atoms with Gasteiger partial charge in [-0.1, -0.05) is 42.5 Å². The number of carbonyl (C=O) groups is 1. The molecule has 0 radical (unpaired) electrons. The summed E-state index contributed by atoms with van der Waals surface area (Å²) in [4.78, 5) is 12.2. The molecule has 0 saturated carbocycles. The van der Waals surface area contributed by atoms with Crippen LogP contribution in [0.5, 0.6) is 5.75 Å². The van der Waals surface area contributed by atoms with Crippen LogP contribution in [-0.2, 0) is 4.79 Å². The molecule has 114 valence electrons. The van der Waals surface area contributed by atoms with Crippen molar-refractivity contribution in [1.82, 2.24) is 5.32 Å². The molecule has 0 aliphatic rings.